The summed E-state index contributed by atoms with van der Waals surface area (Å²) in [5.41, 5.74) is 6.19. The van der Waals surface area contributed by atoms with Gasteiger partial charge in [-0.3, -0.25) is 0 Å². The molecular formula is C15H13F2NO2. The van der Waals surface area contributed by atoms with E-state index in [0.29, 0.717) is 11.1 Å². The summed E-state index contributed by atoms with van der Waals surface area (Å²) >= 11 is 0. The first kappa shape index (κ1) is 14.0. The number of ether oxygens (including phenoxy) is 1. The van der Waals surface area contributed by atoms with Crippen LogP contribution < -0.4 is 5.73 Å². The van der Waals surface area contributed by atoms with Gasteiger partial charge in [0.05, 0.1) is 17.9 Å². The Labute approximate surface area is 115 Å². The summed E-state index contributed by atoms with van der Waals surface area (Å²) in [6.07, 6.45) is 0. The fraction of sp³-hybridized carbons (Fsp3) is 0.133. The highest BCUT2D eigenvalue weighted by Crippen LogP contribution is 2.25. The summed E-state index contributed by atoms with van der Waals surface area (Å²) in [4.78, 5) is 11.5. The number of benzene rings is 2. The maximum atomic E-state index is 13.9. The minimum Gasteiger partial charge on any atom is -0.462 e. The Morgan fingerprint density at radius 3 is 2.25 bits per heavy atom. The number of hydrogen-bond acceptors (Lipinski definition) is 3. The highest BCUT2D eigenvalue weighted by molar-refractivity contribution is 5.90. The Morgan fingerprint density at radius 1 is 1.10 bits per heavy atom. The van der Waals surface area contributed by atoms with Crippen LogP contribution in [0.15, 0.2) is 36.4 Å². The molecule has 0 saturated heterocycles. The average molecular weight is 277 g/mol. The molecule has 0 atom stereocenters. The number of nitrogens with two attached hydrogens (primary N) is 1. The number of carbonyl (C=O) groups excluding carboxylic acids is 1. The van der Waals surface area contributed by atoms with Crippen molar-refractivity contribution in [1.82, 2.24) is 0 Å². The van der Waals surface area contributed by atoms with E-state index in [2.05, 4.69) is 0 Å². The van der Waals surface area contributed by atoms with Crippen molar-refractivity contribution in [3.8, 4) is 11.1 Å². The Kier molecular flexibility index (Phi) is 3.98. The topological polar surface area (TPSA) is 52.3 Å². The van der Waals surface area contributed by atoms with Crippen LogP contribution in [0.1, 0.15) is 17.3 Å². The molecule has 0 amide bonds. The van der Waals surface area contributed by atoms with Crippen LogP contribution in [-0.2, 0) is 4.74 Å². The number of halogens is 2. The van der Waals surface area contributed by atoms with Gasteiger partial charge < -0.3 is 10.5 Å². The van der Waals surface area contributed by atoms with Gasteiger partial charge in [-0.15, -0.1) is 0 Å². The third-order valence-corrected chi connectivity index (χ3v) is 2.80. The maximum Gasteiger partial charge on any atom is 0.341 e. The second kappa shape index (κ2) is 5.69. The van der Waals surface area contributed by atoms with E-state index in [4.69, 9.17) is 10.5 Å². The molecule has 0 aliphatic heterocycles. The van der Waals surface area contributed by atoms with Crippen molar-refractivity contribution in [3.05, 3.63) is 53.6 Å². The molecule has 0 saturated carbocycles. The molecule has 2 aromatic carbocycles. The first-order chi connectivity index (χ1) is 9.52. The molecule has 2 rings (SSSR count). The van der Waals surface area contributed by atoms with Crippen LogP contribution in [0.2, 0.25) is 0 Å². The van der Waals surface area contributed by atoms with Gasteiger partial charge in [-0.25, -0.2) is 13.6 Å². The van der Waals surface area contributed by atoms with Crippen LogP contribution in [0.4, 0.5) is 14.5 Å². The Balaban J connectivity index is 2.37. The van der Waals surface area contributed by atoms with Crippen molar-refractivity contribution >= 4 is 11.7 Å². The van der Waals surface area contributed by atoms with Crippen molar-refractivity contribution in [2.24, 2.45) is 0 Å². The monoisotopic (exact) mass is 277 g/mol. The van der Waals surface area contributed by atoms with Gasteiger partial charge in [0.1, 0.15) is 11.6 Å². The summed E-state index contributed by atoms with van der Waals surface area (Å²) in [7, 11) is 0. The zero-order valence-electron chi connectivity index (χ0n) is 10.8. The van der Waals surface area contributed by atoms with Crippen molar-refractivity contribution in [2.75, 3.05) is 12.3 Å². The normalized spacial score (nSPS) is 10.3. The lowest BCUT2D eigenvalue weighted by Crippen LogP contribution is -2.07. The van der Waals surface area contributed by atoms with Gasteiger partial charge in [-0.2, -0.15) is 0 Å². The van der Waals surface area contributed by atoms with Crippen molar-refractivity contribution < 1.29 is 18.3 Å². The number of rotatable bonds is 3. The van der Waals surface area contributed by atoms with Crippen LogP contribution in [0, 0.1) is 11.6 Å². The second-order valence-electron chi connectivity index (χ2n) is 4.15. The molecule has 0 aliphatic carbocycles. The van der Waals surface area contributed by atoms with Gasteiger partial charge in [-0.05, 0) is 42.3 Å². The lowest BCUT2D eigenvalue weighted by Gasteiger charge is -2.07. The lowest BCUT2D eigenvalue weighted by atomic mass is 10.0. The summed E-state index contributed by atoms with van der Waals surface area (Å²) < 4.78 is 32.0. The van der Waals surface area contributed by atoms with Gasteiger partial charge in [0, 0.05) is 0 Å². The van der Waals surface area contributed by atoms with Crippen LogP contribution in [-0.4, -0.2) is 12.6 Å². The third kappa shape index (κ3) is 2.77. The highest BCUT2D eigenvalue weighted by Gasteiger charge is 2.14. The molecule has 0 aromatic heterocycles. The number of nitrogen functional groups attached to an aromatic ring is 1. The standard InChI is InChI=1S/C15H13F2NO2/c1-2-20-15(19)11-5-3-9(7-12(11)16)10-4-6-14(18)13(17)8-10/h3-8H,2,18H2,1H3. The van der Waals surface area contributed by atoms with E-state index in [1.165, 1.54) is 24.3 Å². The number of carbonyl (C=O) groups is 1. The molecule has 20 heavy (non-hydrogen) atoms. The van der Waals surface area contributed by atoms with Crippen LogP contribution >= 0.6 is 0 Å². The second-order valence-corrected chi connectivity index (χ2v) is 4.15. The zero-order chi connectivity index (χ0) is 14.7. The van der Waals surface area contributed by atoms with Gasteiger partial charge in [0.2, 0.25) is 0 Å². The molecule has 5 heteroatoms. The predicted molar refractivity (Wildman–Crippen MR) is 72.2 cm³/mol. The first-order valence-corrected chi connectivity index (χ1v) is 6.05. The molecule has 0 spiro atoms. The van der Waals surface area contributed by atoms with E-state index in [-0.39, 0.29) is 17.9 Å². The van der Waals surface area contributed by atoms with Crippen LogP contribution in [0.5, 0.6) is 0 Å². The average Bonchev–Trinajstić information content (AvgIpc) is 2.42. The maximum absolute atomic E-state index is 13.9. The van der Waals surface area contributed by atoms with Gasteiger partial charge in [-0.1, -0.05) is 12.1 Å². The molecular weight excluding hydrogens is 264 g/mol. The molecule has 0 heterocycles. The van der Waals surface area contributed by atoms with Crippen molar-refractivity contribution in [1.29, 1.82) is 0 Å². The molecule has 3 nitrogen and oxygen atoms in total. The largest absolute Gasteiger partial charge is 0.462 e. The summed E-state index contributed by atoms with van der Waals surface area (Å²) in [6, 6.07) is 8.21. The molecule has 2 aromatic rings. The molecule has 0 bridgehead atoms. The molecule has 0 fully saturated rings. The van der Waals surface area contributed by atoms with Gasteiger partial charge in [0.15, 0.2) is 0 Å². The van der Waals surface area contributed by atoms with E-state index in [1.807, 2.05) is 0 Å². The SMILES string of the molecule is CCOC(=O)c1ccc(-c2ccc(N)c(F)c2)cc1F. The summed E-state index contributed by atoms with van der Waals surface area (Å²) in [6.45, 7) is 1.81. The van der Waals surface area contributed by atoms with Crippen LogP contribution in [0.3, 0.4) is 0 Å². The van der Waals surface area contributed by atoms with E-state index < -0.39 is 17.6 Å². The van der Waals surface area contributed by atoms with E-state index in [0.717, 1.165) is 6.07 Å². The highest BCUT2D eigenvalue weighted by atomic mass is 19.1. The van der Waals surface area contributed by atoms with Gasteiger partial charge in [0.25, 0.3) is 0 Å². The minimum absolute atomic E-state index is 0.0253. The first-order valence-electron chi connectivity index (χ1n) is 6.05. The van der Waals surface area contributed by atoms with Crippen molar-refractivity contribution in [2.45, 2.75) is 6.92 Å². The molecule has 2 N–H and O–H groups in total. The fourth-order valence-corrected chi connectivity index (χ4v) is 1.78. The van der Waals surface area contributed by atoms with E-state index in [1.54, 1.807) is 13.0 Å². The lowest BCUT2D eigenvalue weighted by molar-refractivity contribution is 0.0521. The quantitative estimate of drug-likeness (QED) is 0.691. The third-order valence-electron chi connectivity index (χ3n) is 2.80. The fourth-order valence-electron chi connectivity index (χ4n) is 1.78. The molecule has 0 unspecified atom stereocenters. The molecule has 104 valence electrons. The predicted octanol–water partition coefficient (Wildman–Crippen LogP) is 3.39. The summed E-state index contributed by atoms with van der Waals surface area (Å²) in [5.74, 6) is -2.00. The van der Waals surface area contributed by atoms with Crippen LogP contribution in [0.25, 0.3) is 11.1 Å². The number of hydrogen-bond donors (Lipinski definition) is 1. The summed E-state index contributed by atoms with van der Waals surface area (Å²) in [5, 5.41) is 0. The van der Waals surface area contributed by atoms with E-state index >= 15 is 0 Å². The number of esters is 1. The van der Waals surface area contributed by atoms with Gasteiger partial charge >= 0.3 is 5.97 Å². The molecule has 0 radical (unpaired) electrons. The minimum atomic E-state index is -0.722. The Bertz CT molecular complexity index is 656. The zero-order valence-corrected chi connectivity index (χ0v) is 10.8. The van der Waals surface area contributed by atoms with E-state index in [9.17, 15) is 13.6 Å². The molecule has 0 aliphatic rings. The van der Waals surface area contributed by atoms with Crippen molar-refractivity contribution in [3.63, 3.8) is 0 Å². The Morgan fingerprint density at radius 2 is 1.70 bits per heavy atom. The Hall–Kier alpha value is -2.43. The number of anilines is 1. The smallest absolute Gasteiger partial charge is 0.341 e.